The van der Waals surface area contributed by atoms with Gasteiger partial charge < -0.3 is 10.1 Å². The van der Waals surface area contributed by atoms with Crippen molar-refractivity contribution in [1.82, 2.24) is 0 Å². The third kappa shape index (κ3) is 4.11. The summed E-state index contributed by atoms with van der Waals surface area (Å²) < 4.78 is 6.40. The second kappa shape index (κ2) is 7.44. The van der Waals surface area contributed by atoms with Gasteiger partial charge in [-0.1, -0.05) is 22.0 Å². The van der Waals surface area contributed by atoms with Crippen LogP contribution in [0.1, 0.15) is 29.8 Å². The van der Waals surface area contributed by atoms with Crippen molar-refractivity contribution in [2.24, 2.45) is 0 Å². The van der Waals surface area contributed by atoms with E-state index in [0.29, 0.717) is 22.6 Å². The molecule has 0 aliphatic rings. The van der Waals surface area contributed by atoms with Crippen molar-refractivity contribution in [1.29, 1.82) is 0 Å². The summed E-state index contributed by atoms with van der Waals surface area (Å²) in [5.74, 6) is 0.0596. The number of rotatable bonds is 5. The Labute approximate surface area is 148 Å². The minimum Gasteiger partial charge on any atom is -0.490 e. The Morgan fingerprint density at radius 1 is 1.29 bits per heavy atom. The molecule has 24 heavy (non-hydrogen) atoms. The molecule has 126 valence electrons. The molecule has 1 amide bonds. The normalized spacial score (nSPS) is 10.5. The van der Waals surface area contributed by atoms with Crippen molar-refractivity contribution in [3.05, 3.63) is 62.1 Å². The predicted molar refractivity (Wildman–Crippen MR) is 95.7 cm³/mol. The number of halogens is 1. The van der Waals surface area contributed by atoms with Gasteiger partial charge >= 0.3 is 0 Å². The van der Waals surface area contributed by atoms with Gasteiger partial charge in [-0.25, -0.2) is 0 Å². The van der Waals surface area contributed by atoms with Crippen molar-refractivity contribution < 1.29 is 14.5 Å². The molecule has 1 N–H and O–H groups in total. The fourth-order valence-corrected chi connectivity index (χ4v) is 2.54. The van der Waals surface area contributed by atoms with Crippen LogP contribution >= 0.6 is 15.9 Å². The number of hydrogen-bond acceptors (Lipinski definition) is 4. The average Bonchev–Trinajstić information content (AvgIpc) is 2.50. The third-order valence-corrected chi connectivity index (χ3v) is 3.79. The summed E-state index contributed by atoms with van der Waals surface area (Å²) in [6, 6.07) is 9.71. The van der Waals surface area contributed by atoms with Gasteiger partial charge in [-0.05, 0) is 45.0 Å². The Bertz CT molecular complexity index is 790. The van der Waals surface area contributed by atoms with Crippen LogP contribution in [-0.2, 0) is 0 Å². The van der Waals surface area contributed by atoms with Crippen LogP contribution in [0, 0.1) is 17.0 Å². The maximum Gasteiger partial charge on any atom is 0.274 e. The number of benzene rings is 2. The van der Waals surface area contributed by atoms with Gasteiger partial charge in [0.25, 0.3) is 11.6 Å². The number of nitro groups is 1. The number of hydrogen-bond donors (Lipinski definition) is 1. The minimum atomic E-state index is -0.475. The predicted octanol–water partition coefficient (Wildman–Crippen LogP) is 4.71. The number of nitrogens with one attached hydrogen (secondary N) is 1. The molecule has 6 nitrogen and oxygen atoms in total. The summed E-state index contributed by atoms with van der Waals surface area (Å²) in [5.41, 5.74) is 1.10. The first-order valence-corrected chi connectivity index (χ1v) is 8.10. The molecular weight excluding hydrogens is 376 g/mol. The van der Waals surface area contributed by atoms with Gasteiger partial charge in [0.2, 0.25) is 0 Å². The van der Waals surface area contributed by atoms with Crippen molar-refractivity contribution in [2.75, 3.05) is 5.32 Å². The topological polar surface area (TPSA) is 81.5 Å². The largest absolute Gasteiger partial charge is 0.490 e. The van der Waals surface area contributed by atoms with Crippen LogP contribution in [0.4, 0.5) is 11.4 Å². The quantitative estimate of drug-likeness (QED) is 0.590. The smallest absolute Gasteiger partial charge is 0.274 e. The summed E-state index contributed by atoms with van der Waals surface area (Å²) in [4.78, 5) is 23.2. The molecule has 0 aliphatic heterocycles. The molecule has 0 saturated carbocycles. The second-order valence-corrected chi connectivity index (χ2v) is 6.38. The van der Waals surface area contributed by atoms with Crippen LogP contribution in [0.5, 0.6) is 5.75 Å². The number of amides is 1. The van der Waals surface area contributed by atoms with Crippen LogP contribution in [0.15, 0.2) is 40.9 Å². The van der Waals surface area contributed by atoms with E-state index in [2.05, 4.69) is 21.2 Å². The molecular formula is C17H17BrN2O4. The van der Waals surface area contributed by atoms with Crippen molar-refractivity contribution in [3.8, 4) is 5.75 Å². The van der Waals surface area contributed by atoms with Gasteiger partial charge in [-0.3, -0.25) is 14.9 Å². The summed E-state index contributed by atoms with van der Waals surface area (Å²) in [5, 5.41) is 13.7. The van der Waals surface area contributed by atoms with E-state index in [1.165, 1.54) is 12.1 Å². The average molecular weight is 393 g/mol. The standard InChI is InChI=1S/C17H17BrN2O4/c1-10(2)24-16-8-7-12(18)9-13(16)17(21)19-14-5-4-6-15(11(14)3)20(22)23/h4-10H,1-3H3,(H,19,21). The zero-order valence-corrected chi connectivity index (χ0v) is 15.1. The molecule has 0 fully saturated rings. The molecule has 0 atom stereocenters. The number of carbonyl (C=O) groups is 1. The molecule has 0 aliphatic carbocycles. The third-order valence-electron chi connectivity index (χ3n) is 3.30. The number of anilines is 1. The zero-order chi connectivity index (χ0) is 17.9. The lowest BCUT2D eigenvalue weighted by Gasteiger charge is -2.15. The Balaban J connectivity index is 2.36. The molecule has 0 unspecified atom stereocenters. The van der Waals surface area contributed by atoms with Crippen LogP contribution in [0.2, 0.25) is 0 Å². The van der Waals surface area contributed by atoms with E-state index in [0.717, 1.165) is 4.47 Å². The highest BCUT2D eigenvalue weighted by molar-refractivity contribution is 9.10. The lowest BCUT2D eigenvalue weighted by atomic mass is 10.1. The Morgan fingerprint density at radius 2 is 2.00 bits per heavy atom. The number of nitrogens with zero attached hydrogens (tertiary/aromatic N) is 1. The summed E-state index contributed by atoms with van der Waals surface area (Å²) in [6.45, 7) is 5.34. The molecule has 2 aromatic carbocycles. The number of carbonyl (C=O) groups excluding carboxylic acids is 1. The molecule has 0 spiro atoms. The molecule has 0 heterocycles. The highest BCUT2D eigenvalue weighted by atomic mass is 79.9. The Morgan fingerprint density at radius 3 is 2.62 bits per heavy atom. The summed E-state index contributed by atoms with van der Waals surface area (Å²) in [6.07, 6.45) is -0.0859. The fraction of sp³-hybridized carbons (Fsp3) is 0.235. The lowest BCUT2D eigenvalue weighted by Crippen LogP contribution is -2.16. The van der Waals surface area contributed by atoms with E-state index in [4.69, 9.17) is 4.74 Å². The van der Waals surface area contributed by atoms with Crippen molar-refractivity contribution in [2.45, 2.75) is 26.9 Å². The van der Waals surface area contributed by atoms with E-state index in [9.17, 15) is 14.9 Å². The van der Waals surface area contributed by atoms with Crippen molar-refractivity contribution in [3.63, 3.8) is 0 Å². The first-order valence-electron chi connectivity index (χ1n) is 7.31. The van der Waals surface area contributed by atoms with Crippen LogP contribution in [-0.4, -0.2) is 16.9 Å². The number of nitro benzene ring substituents is 1. The van der Waals surface area contributed by atoms with E-state index >= 15 is 0 Å². The molecule has 0 bridgehead atoms. The highest BCUT2D eigenvalue weighted by Crippen LogP contribution is 2.28. The van der Waals surface area contributed by atoms with Crippen molar-refractivity contribution >= 4 is 33.2 Å². The van der Waals surface area contributed by atoms with Gasteiger partial charge in [0, 0.05) is 10.5 Å². The molecule has 0 aromatic heterocycles. The molecule has 0 saturated heterocycles. The Hall–Kier alpha value is -2.41. The van der Waals surface area contributed by atoms with Crippen LogP contribution < -0.4 is 10.1 Å². The van der Waals surface area contributed by atoms with E-state index in [1.807, 2.05) is 13.8 Å². The maximum absolute atomic E-state index is 12.6. The zero-order valence-electron chi connectivity index (χ0n) is 13.5. The summed E-state index contributed by atoms with van der Waals surface area (Å²) >= 11 is 3.34. The summed E-state index contributed by atoms with van der Waals surface area (Å²) in [7, 11) is 0. The maximum atomic E-state index is 12.6. The Kier molecular flexibility index (Phi) is 5.56. The molecule has 2 aromatic rings. The van der Waals surface area contributed by atoms with Gasteiger partial charge in [-0.15, -0.1) is 0 Å². The monoisotopic (exact) mass is 392 g/mol. The minimum absolute atomic E-state index is 0.0410. The fourth-order valence-electron chi connectivity index (χ4n) is 2.18. The van der Waals surface area contributed by atoms with Gasteiger partial charge in [0.05, 0.1) is 27.8 Å². The molecule has 7 heteroatoms. The SMILES string of the molecule is Cc1c(NC(=O)c2cc(Br)ccc2OC(C)C)cccc1[N+](=O)[O-]. The van der Waals surface area contributed by atoms with Crippen LogP contribution in [0.3, 0.4) is 0 Å². The van der Waals surface area contributed by atoms with Gasteiger partial charge in [0.1, 0.15) is 5.75 Å². The first kappa shape index (κ1) is 17.9. The molecule has 2 rings (SSSR count). The number of ether oxygens (including phenoxy) is 1. The molecule has 0 radical (unpaired) electrons. The van der Waals surface area contributed by atoms with E-state index in [1.54, 1.807) is 31.2 Å². The second-order valence-electron chi connectivity index (χ2n) is 5.47. The van der Waals surface area contributed by atoms with Gasteiger partial charge in [-0.2, -0.15) is 0 Å². The van der Waals surface area contributed by atoms with Gasteiger partial charge in [0.15, 0.2) is 0 Å². The first-order chi connectivity index (χ1) is 11.3. The lowest BCUT2D eigenvalue weighted by molar-refractivity contribution is -0.385. The van der Waals surface area contributed by atoms with Crippen LogP contribution in [0.25, 0.3) is 0 Å². The highest BCUT2D eigenvalue weighted by Gasteiger charge is 2.18. The van der Waals surface area contributed by atoms with E-state index < -0.39 is 10.8 Å². The van der Waals surface area contributed by atoms with E-state index in [-0.39, 0.29) is 11.8 Å².